The van der Waals surface area contributed by atoms with Crippen molar-refractivity contribution in [2.24, 2.45) is 0 Å². The van der Waals surface area contributed by atoms with Gasteiger partial charge in [0.25, 0.3) is 0 Å². The van der Waals surface area contributed by atoms with Crippen LogP contribution < -0.4 is 19.5 Å². The third-order valence-corrected chi connectivity index (χ3v) is 5.89. The molecule has 31 heavy (non-hydrogen) atoms. The largest absolute Gasteiger partial charge is 0.454 e. The molecule has 2 N–H and O–H groups in total. The first-order valence-electron chi connectivity index (χ1n) is 10.3. The van der Waals surface area contributed by atoms with Gasteiger partial charge in [-0.1, -0.05) is 35.4 Å². The van der Waals surface area contributed by atoms with Gasteiger partial charge in [-0.05, 0) is 22.6 Å². The van der Waals surface area contributed by atoms with Crippen molar-refractivity contribution in [2.45, 2.75) is 30.8 Å². The summed E-state index contributed by atoms with van der Waals surface area (Å²) in [7, 11) is 0. The van der Waals surface area contributed by atoms with E-state index in [1.165, 1.54) is 5.56 Å². The molecule has 2 aromatic carbocycles. The minimum Gasteiger partial charge on any atom is -0.454 e. The fraction of sp³-hybridized carbons (Fsp3) is 0.381. The van der Waals surface area contributed by atoms with Crippen LogP contribution in [0.15, 0.2) is 48.5 Å². The zero-order valence-electron chi connectivity index (χ0n) is 16.7. The molecule has 3 aromatic rings. The van der Waals surface area contributed by atoms with Gasteiger partial charge >= 0.3 is 6.01 Å². The van der Waals surface area contributed by atoms with Crippen LogP contribution in [0.2, 0.25) is 0 Å². The van der Waals surface area contributed by atoms with Crippen molar-refractivity contribution < 1.29 is 29.0 Å². The lowest BCUT2D eigenvalue weighted by Gasteiger charge is -2.16. The highest BCUT2D eigenvalue weighted by Gasteiger charge is 2.51. The molecular formula is C21H22N5O5+. The predicted molar refractivity (Wildman–Crippen MR) is 105 cm³/mol. The number of nitrogens with zero attached hydrogens (tertiary/aromatic N) is 4. The molecule has 160 valence electrons. The van der Waals surface area contributed by atoms with Crippen molar-refractivity contribution in [3.63, 3.8) is 0 Å². The minimum absolute atomic E-state index is 0.0173. The number of tetrazole rings is 1. The summed E-state index contributed by atoms with van der Waals surface area (Å²) in [5.74, 6) is 1.89. The molecule has 0 unspecified atom stereocenters. The number of hydrogen-bond donors (Lipinski definition) is 1. The van der Waals surface area contributed by atoms with Gasteiger partial charge in [-0.25, -0.2) is 0 Å². The van der Waals surface area contributed by atoms with E-state index in [4.69, 9.17) is 23.7 Å². The Labute approximate surface area is 178 Å². The van der Waals surface area contributed by atoms with E-state index in [2.05, 4.69) is 45.1 Å². The third-order valence-electron chi connectivity index (χ3n) is 5.89. The van der Waals surface area contributed by atoms with E-state index in [-0.39, 0.29) is 37.1 Å². The van der Waals surface area contributed by atoms with Crippen molar-refractivity contribution in [1.29, 1.82) is 0 Å². The summed E-state index contributed by atoms with van der Waals surface area (Å²) in [6, 6.07) is 16.1. The Hall–Kier alpha value is -3.21. The highest BCUT2D eigenvalue weighted by atomic mass is 16.7. The van der Waals surface area contributed by atoms with Crippen LogP contribution in [0.1, 0.15) is 11.6 Å². The van der Waals surface area contributed by atoms with Gasteiger partial charge in [0.05, 0.1) is 6.61 Å². The molecule has 0 saturated carbocycles. The van der Waals surface area contributed by atoms with E-state index in [9.17, 15) is 0 Å². The summed E-state index contributed by atoms with van der Waals surface area (Å²) in [6.07, 6.45) is -0.143. The second-order valence-electron chi connectivity index (χ2n) is 7.78. The summed E-state index contributed by atoms with van der Waals surface area (Å²) in [4.78, 5) is 0. The van der Waals surface area contributed by atoms with E-state index in [1.807, 2.05) is 6.07 Å². The molecule has 6 rings (SSSR count). The molecule has 4 atom stereocenters. The molecule has 10 heteroatoms. The van der Waals surface area contributed by atoms with E-state index in [1.54, 1.807) is 22.9 Å². The van der Waals surface area contributed by atoms with Gasteiger partial charge in [-0.2, -0.15) is 4.68 Å². The van der Waals surface area contributed by atoms with Crippen LogP contribution in [0.5, 0.6) is 23.3 Å². The van der Waals surface area contributed by atoms with E-state index < -0.39 is 0 Å². The van der Waals surface area contributed by atoms with Gasteiger partial charge in [0, 0.05) is 11.6 Å². The van der Waals surface area contributed by atoms with Crippen molar-refractivity contribution >= 4 is 0 Å². The van der Waals surface area contributed by atoms with Gasteiger partial charge in [0.15, 0.2) is 11.5 Å². The standard InChI is InChI=1S/C21H21N5O5/c1-2-4-13(5-3-1)9-22-15-10-27-20-16(11-28-19(15)20)26-21(23-24-25-26)31-14-6-7-17-18(8-14)30-12-29-17/h1-8,15-16,19-20,22H,9-12H2/p+1/t15-,16-,19+,20+/m0/s1. The van der Waals surface area contributed by atoms with Gasteiger partial charge < -0.3 is 29.0 Å². The number of ether oxygens (including phenoxy) is 5. The van der Waals surface area contributed by atoms with Crippen molar-refractivity contribution in [1.82, 2.24) is 20.2 Å². The summed E-state index contributed by atoms with van der Waals surface area (Å²) >= 11 is 0. The minimum atomic E-state index is -0.154. The summed E-state index contributed by atoms with van der Waals surface area (Å²) < 4.78 is 30.6. The second-order valence-corrected chi connectivity index (χ2v) is 7.78. The van der Waals surface area contributed by atoms with E-state index >= 15 is 0 Å². The smallest absolute Gasteiger partial charge is 0.341 e. The summed E-state index contributed by atoms with van der Waals surface area (Å²) in [5.41, 5.74) is 1.28. The zero-order valence-corrected chi connectivity index (χ0v) is 16.7. The molecule has 0 radical (unpaired) electrons. The number of quaternary nitrogens is 1. The average Bonchev–Trinajstić information content (AvgIpc) is 3.58. The van der Waals surface area contributed by atoms with Gasteiger partial charge in [-0.3, -0.25) is 0 Å². The number of fused-ring (bicyclic) bond motifs is 2. The van der Waals surface area contributed by atoms with E-state index in [0.717, 1.165) is 6.54 Å². The van der Waals surface area contributed by atoms with Gasteiger partial charge in [0.2, 0.25) is 6.79 Å². The van der Waals surface area contributed by atoms with Gasteiger partial charge in [-0.15, -0.1) is 0 Å². The highest BCUT2D eigenvalue weighted by molar-refractivity contribution is 5.47. The number of rotatable bonds is 6. The Balaban J connectivity index is 1.14. The first-order valence-corrected chi connectivity index (χ1v) is 10.3. The summed E-state index contributed by atoms with van der Waals surface area (Å²) in [5, 5.41) is 14.3. The van der Waals surface area contributed by atoms with Crippen LogP contribution in [0.3, 0.4) is 0 Å². The molecule has 0 bridgehead atoms. The molecule has 4 heterocycles. The maximum Gasteiger partial charge on any atom is 0.341 e. The monoisotopic (exact) mass is 424 g/mol. The van der Waals surface area contributed by atoms with Crippen LogP contribution in [0.25, 0.3) is 0 Å². The van der Waals surface area contributed by atoms with Gasteiger partial charge in [0.1, 0.15) is 43.2 Å². The fourth-order valence-corrected chi connectivity index (χ4v) is 4.33. The van der Waals surface area contributed by atoms with Crippen LogP contribution in [-0.2, 0) is 16.0 Å². The SMILES string of the molecule is c1ccc(C[NH2+][C@H]2CO[C@H]3[C@@H]2OC[C@@H]3n2nnnc2Oc2ccc3c(c2)OCO3)cc1. The maximum atomic E-state index is 6.12. The number of nitrogens with two attached hydrogens (primary N) is 1. The number of benzene rings is 2. The Morgan fingerprint density at radius 3 is 2.81 bits per heavy atom. The van der Waals surface area contributed by atoms with Crippen LogP contribution >= 0.6 is 0 Å². The number of aromatic nitrogens is 4. The fourth-order valence-electron chi connectivity index (χ4n) is 4.33. The Morgan fingerprint density at radius 2 is 1.87 bits per heavy atom. The molecule has 3 aliphatic rings. The average molecular weight is 424 g/mol. The lowest BCUT2D eigenvalue weighted by Crippen LogP contribution is -2.91. The molecule has 0 amide bonds. The molecule has 0 spiro atoms. The van der Waals surface area contributed by atoms with Crippen LogP contribution in [0.4, 0.5) is 0 Å². The van der Waals surface area contributed by atoms with Crippen LogP contribution in [-0.4, -0.2) is 58.5 Å². The molecule has 0 aliphatic carbocycles. The maximum absolute atomic E-state index is 6.12. The normalized spacial score (nSPS) is 26.2. The van der Waals surface area contributed by atoms with Crippen LogP contribution in [0, 0.1) is 0 Å². The van der Waals surface area contributed by atoms with E-state index in [0.29, 0.717) is 30.5 Å². The Kier molecular flexibility index (Phi) is 4.67. The predicted octanol–water partition coefficient (Wildman–Crippen LogP) is 0.665. The lowest BCUT2D eigenvalue weighted by atomic mass is 10.1. The molecular weight excluding hydrogens is 402 g/mol. The van der Waals surface area contributed by atoms with Crippen molar-refractivity contribution in [3.8, 4) is 23.3 Å². The number of hydrogen-bond acceptors (Lipinski definition) is 8. The van der Waals surface area contributed by atoms with Crippen molar-refractivity contribution in [3.05, 3.63) is 54.1 Å². The van der Waals surface area contributed by atoms with Crippen molar-refractivity contribution in [2.75, 3.05) is 20.0 Å². The molecule has 10 nitrogen and oxygen atoms in total. The summed E-state index contributed by atoms with van der Waals surface area (Å²) in [6.45, 7) is 2.18. The molecule has 2 fully saturated rings. The molecule has 1 aromatic heterocycles. The Morgan fingerprint density at radius 1 is 1.00 bits per heavy atom. The highest BCUT2D eigenvalue weighted by Crippen LogP contribution is 2.38. The first kappa shape index (κ1) is 18.6. The quantitative estimate of drug-likeness (QED) is 0.615. The molecule has 2 saturated heterocycles. The topological polar surface area (TPSA) is 106 Å². The lowest BCUT2D eigenvalue weighted by molar-refractivity contribution is -0.707. The Bertz CT molecular complexity index is 1060. The third kappa shape index (κ3) is 3.48. The molecule has 3 aliphatic heterocycles. The zero-order chi connectivity index (χ0) is 20.6. The second kappa shape index (κ2) is 7.80. The first-order chi connectivity index (χ1) is 15.3.